The number of halogens is 1. The van der Waals surface area contributed by atoms with Crippen molar-refractivity contribution in [3.05, 3.63) is 34.9 Å². The van der Waals surface area contributed by atoms with Crippen molar-refractivity contribution in [2.45, 2.75) is 44.7 Å². The van der Waals surface area contributed by atoms with Gasteiger partial charge in [-0.05, 0) is 24.8 Å². The fraction of sp³-hybridized carbons (Fsp3) is 0.533. The molecular weight excluding hydrogens is 244 g/mol. The first-order valence-electron chi connectivity index (χ1n) is 6.62. The lowest BCUT2D eigenvalue weighted by molar-refractivity contribution is 0.271. The maximum atomic E-state index is 9.35. The highest BCUT2D eigenvalue weighted by molar-refractivity contribution is 6.31. The lowest BCUT2D eigenvalue weighted by Crippen LogP contribution is -2.39. The molecule has 1 aromatic rings. The van der Waals surface area contributed by atoms with E-state index < -0.39 is 0 Å². The van der Waals surface area contributed by atoms with Gasteiger partial charge >= 0.3 is 0 Å². The number of nitrogens with zero attached hydrogens (tertiary/aromatic N) is 1. The molecule has 2 nitrogen and oxygen atoms in total. The van der Waals surface area contributed by atoms with Crippen molar-refractivity contribution in [2.75, 3.05) is 0 Å². The second-order valence-electron chi connectivity index (χ2n) is 5.12. The Bertz CT molecular complexity index is 438. The molecule has 18 heavy (non-hydrogen) atoms. The Morgan fingerprint density at radius 2 is 2.06 bits per heavy atom. The van der Waals surface area contributed by atoms with E-state index in [1.54, 1.807) is 0 Å². The Morgan fingerprint density at radius 3 is 2.72 bits per heavy atom. The molecule has 0 heterocycles. The molecule has 0 spiro atoms. The third-order valence-electron chi connectivity index (χ3n) is 3.84. The molecule has 2 rings (SSSR count). The largest absolute Gasteiger partial charge is 0.295 e. The topological polar surface area (TPSA) is 35.8 Å². The van der Waals surface area contributed by atoms with Gasteiger partial charge in [-0.3, -0.25) is 5.32 Å². The van der Waals surface area contributed by atoms with Crippen LogP contribution in [0.4, 0.5) is 0 Å². The maximum absolute atomic E-state index is 9.35. The fourth-order valence-corrected chi connectivity index (χ4v) is 2.93. The highest BCUT2D eigenvalue weighted by atomic mass is 35.5. The third-order valence-corrected chi connectivity index (χ3v) is 4.18. The zero-order valence-corrected chi connectivity index (χ0v) is 11.5. The summed E-state index contributed by atoms with van der Waals surface area (Å²) < 4.78 is 0. The van der Waals surface area contributed by atoms with E-state index in [9.17, 15) is 5.26 Å². The summed E-state index contributed by atoms with van der Waals surface area (Å²) in [5, 5.41) is 13.5. The predicted octanol–water partition coefficient (Wildman–Crippen LogP) is 4.07. The number of hydrogen-bond donors (Lipinski definition) is 1. The zero-order valence-electron chi connectivity index (χ0n) is 10.7. The van der Waals surface area contributed by atoms with Crippen LogP contribution in [0.3, 0.4) is 0 Å². The van der Waals surface area contributed by atoms with Crippen LogP contribution in [0.25, 0.3) is 0 Å². The molecular formula is C15H19ClN2. The molecule has 96 valence electrons. The van der Waals surface area contributed by atoms with Crippen molar-refractivity contribution in [1.29, 1.82) is 5.26 Å². The van der Waals surface area contributed by atoms with E-state index in [4.69, 9.17) is 11.6 Å². The summed E-state index contributed by atoms with van der Waals surface area (Å²) in [7, 11) is 0. The van der Waals surface area contributed by atoms with Crippen LogP contribution in [0.15, 0.2) is 24.3 Å². The number of benzene rings is 1. The van der Waals surface area contributed by atoms with Crippen LogP contribution in [0.1, 0.15) is 44.2 Å². The minimum Gasteiger partial charge on any atom is -0.295 e. The van der Waals surface area contributed by atoms with Gasteiger partial charge in [-0.25, -0.2) is 0 Å². The first-order valence-corrected chi connectivity index (χ1v) is 7.00. The average molecular weight is 263 g/mol. The van der Waals surface area contributed by atoms with Crippen LogP contribution in [0, 0.1) is 17.2 Å². The van der Waals surface area contributed by atoms with Crippen LogP contribution in [-0.4, -0.2) is 6.04 Å². The summed E-state index contributed by atoms with van der Waals surface area (Å²) in [5.41, 5.74) is 0.888. The van der Waals surface area contributed by atoms with E-state index in [-0.39, 0.29) is 6.04 Å². The van der Waals surface area contributed by atoms with Gasteiger partial charge in [0.2, 0.25) is 0 Å². The Kier molecular flexibility index (Phi) is 4.63. The van der Waals surface area contributed by atoms with Crippen molar-refractivity contribution >= 4 is 11.6 Å². The van der Waals surface area contributed by atoms with Gasteiger partial charge in [0, 0.05) is 16.6 Å². The minimum absolute atomic E-state index is 0.302. The Hall–Kier alpha value is -1.04. The van der Waals surface area contributed by atoms with E-state index in [2.05, 4.69) is 18.3 Å². The molecule has 0 aliphatic heterocycles. The zero-order chi connectivity index (χ0) is 13.0. The second kappa shape index (κ2) is 6.22. The standard InChI is InChI=1S/C15H19ClN2/c1-11-6-2-5-9-14(11)18-15(10-17)12-7-3-4-8-13(12)16/h3-4,7-8,11,14-15,18H,2,5-6,9H2,1H3. The molecule has 0 aromatic heterocycles. The molecule has 0 radical (unpaired) electrons. The number of nitriles is 1. The molecule has 3 unspecified atom stereocenters. The van der Waals surface area contributed by atoms with Gasteiger partial charge in [0.25, 0.3) is 0 Å². The first kappa shape index (κ1) is 13.4. The molecule has 3 atom stereocenters. The molecule has 1 saturated carbocycles. The average Bonchev–Trinajstić information content (AvgIpc) is 2.39. The molecule has 0 saturated heterocycles. The molecule has 0 amide bonds. The van der Waals surface area contributed by atoms with E-state index in [0.29, 0.717) is 17.0 Å². The SMILES string of the molecule is CC1CCCCC1NC(C#N)c1ccccc1Cl. The highest BCUT2D eigenvalue weighted by Crippen LogP contribution is 2.28. The van der Waals surface area contributed by atoms with Crippen molar-refractivity contribution in [2.24, 2.45) is 5.92 Å². The van der Waals surface area contributed by atoms with E-state index in [1.165, 1.54) is 19.3 Å². The normalized spacial score (nSPS) is 25.4. The summed E-state index contributed by atoms with van der Waals surface area (Å²) in [6.45, 7) is 2.26. The summed E-state index contributed by atoms with van der Waals surface area (Å²) in [6, 6.07) is 10.0. The smallest absolute Gasteiger partial charge is 0.123 e. The Labute approximate surface area is 114 Å². The molecule has 0 bridgehead atoms. The van der Waals surface area contributed by atoms with Gasteiger partial charge in [0.15, 0.2) is 0 Å². The molecule has 1 aromatic carbocycles. The van der Waals surface area contributed by atoms with Gasteiger partial charge in [0.05, 0.1) is 6.07 Å². The monoisotopic (exact) mass is 262 g/mol. The number of hydrogen-bond acceptors (Lipinski definition) is 2. The van der Waals surface area contributed by atoms with E-state index in [1.807, 2.05) is 24.3 Å². The van der Waals surface area contributed by atoms with Crippen LogP contribution in [0.2, 0.25) is 5.02 Å². The number of rotatable bonds is 3. The number of nitrogens with one attached hydrogen (secondary N) is 1. The van der Waals surface area contributed by atoms with Crippen LogP contribution in [0.5, 0.6) is 0 Å². The summed E-state index contributed by atoms with van der Waals surface area (Å²) >= 11 is 6.16. The van der Waals surface area contributed by atoms with Gasteiger partial charge < -0.3 is 0 Å². The van der Waals surface area contributed by atoms with E-state index >= 15 is 0 Å². The van der Waals surface area contributed by atoms with Gasteiger partial charge in [0.1, 0.15) is 6.04 Å². The van der Waals surface area contributed by atoms with Crippen molar-refractivity contribution in [3.8, 4) is 6.07 Å². The molecule has 3 heteroatoms. The summed E-state index contributed by atoms with van der Waals surface area (Å²) in [4.78, 5) is 0. The van der Waals surface area contributed by atoms with Crippen molar-refractivity contribution in [1.82, 2.24) is 5.32 Å². The Morgan fingerprint density at radius 1 is 1.33 bits per heavy atom. The van der Waals surface area contributed by atoms with Gasteiger partial charge in [-0.2, -0.15) is 5.26 Å². The lowest BCUT2D eigenvalue weighted by Gasteiger charge is -2.31. The van der Waals surface area contributed by atoms with Crippen LogP contribution < -0.4 is 5.32 Å². The maximum Gasteiger partial charge on any atom is 0.123 e. The van der Waals surface area contributed by atoms with E-state index in [0.717, 1.165) is 12.0 Å². The molecule has 1 fully saturated rings. The van der Waals surface area contributed by atoms with Crippen molar-refractivity contribution < 1.29 is 0 Å². The van der Waals surface area contributed by atoms with Crippen LogP contribution in [-0.2, 0) is 0 Å². The van der Waals surface area contributed by atoms with Gasteiger partial charge in [-0.1, -0.05) is 49.6 Å². The van der Waals surface area contributed by atoms with Crippen LogP contribution >= 0.6 is 11.6 Å². The molecule has 1 aliphatic rings. The summed E-state index contributed by atoms with van der Waals surface area (Å²) in [6.07, 6.45) is 4.97. The fourth-order valence-electron chi connectivity index (χ4n) is 2.68. The quantitative estimate of drug-likeness (QED) is 0.891. The molecule has 1 aliphatic carbocycles. The summed E-state index contributed by atoms with van der Waals surface area (Å²) in [5.74, 6) is 0.636. The Balaban J connectivity index is 2.10. The molecule has 1 N–H and O–H groups in total. The predicted molar refractivity (Wildman–Crippen MR) is 74.4 cm³/mol. The third kappa shape index (κ3) is 3.04. The minimum atomic E-state index is -0.302. The van der Waals surface area contributed by atoms with Crippen molar-refractivity contribution in [3.63, 3.8) is 0 Å². The lowest BCUT2D eigenvalue weighted by atomic mass is 9.85. The highest BCUT2D eigenvalue weighted by Gasteiger charge is 2.25. The second-order valence-corrected chi connectivity index (χ2v) is 5.53. The first-order chi connectivity index (χ1) is 8.72. The van der Waals surface area contributed by atoms with Gasteiger partial charge in [-0.15, -0.1) is 0 Å².